The molecule has 4 nitrogen and oxygen atoms in total. The van der Waals surface area contributed by atoms with Crippen molar-refractivity contribution in [2.75, 3.05) is 0 Å². The molecule has 1 saturated carbocycles. The molecule has 1 fully saturated rings. The van der Waals surface area contributed by atoms with Gasteiger partial charge >= 0.3 is 6.18 Å². The Labute approximate surface area is 115 Å². The Morgan fingerprint density at radius 3 is 2.55 bits per heavy atom. The molecule has 1 aromatic rings. The van der Waals surface area contributed by atoms with Gasteiger partial charge in [-0.3, -0.25) is 10.00 Å². The van der Waals surface area contributed by atoms with Gasteiger partial charge in [0.15, 0.2) is 0 Å². The summed E-state index contributed by atoms with van der Waals surface area (Å²) in [5.41, 5.74) is -1.63. The normalized spacial score (nSPS) is 18.9. The smallest absolute Gasteiger partial charge is 0.295 e. The van der Waals surface area contributed by atoms with Crippen molar-refractivity contribution < 1.29 is 13.2 Å². The van der Waals surface area contributed by atoms with Gasteiger partial charge in [-0.1, -0.05) is 0 Å². The lowest BCUT2D eigenvalue weighted by molar-refractivity contribution is -0.137. The molecule has 20 heavy (non-hydrogen) atoms. The Bertz CT molecular complexity index is 510. The van der Waals surface area contributed by atoms with Crippen LogP contribution in [0.4, 0.5) is 13.2 Å². The summed E-state index contributed by atoms with van der Waals surface area (Å²) in [6, 6.07) is 2.33. The summed E-state index contributed by atoms with van der Waals surface area (Å²) in [6.45, 7) is 3.96. The maximum Gasteiger partial charge on any atom is 0.419 e. The van der Waals surface area contributed by atoms with Crippen LogP contribution in [0.2, 0.25) is 0 Å². The molecule has 1 N–H and O–H groups in total. The van der Waals surface area contributed by atoms with Crippen LogP contribution in [0.1, 0.15) is 32.3 Å². The van der Waals surface area contributed by atoms with Crippen molar-refractivity contribution in [2.24, 2.45) is 5.92 Å². The number of rotatable bonds is 5. The highest BCUT2D eigenvalue weighted by molar-refractivity contribution is 5.17. The van der Waals surface area contributed by atoms with Gasteiger partial charge in [0.05, 0.1) is 24.4 Å². The zero-order valence-corrected chi connectivity index (χ0v) is 11.4. The molecule has 7 heteroatoms. The van der Waals surface area contributed by atoms with Crippen LogP contribution in [0.15, 0.2) is 12.4 Å². The fourth-order valence-corrected chi connectivity index (χ4v) is 2.39. The Kier molecular flexibility index (Phi) is 3.78. The first kappa shape index (κ1) is 14.9. The van der Waals surface area contributed by atoms with Crippen LogP contribution >= 0.6 is 0 Å². The first-order chi connectivity index (χ1) is 9.27. The number of hydrogen-bond donors (Lipinski definition) is 1. The van der Waals surface area contributed by atoms with E-state index in [-0.39, 0.29) is 18.5 Å². The summed E-state index contributed by atoms with van der Waals surface area (Å²) in [4.78, 5) is 0. The van der Waals surface area contributed by atoms with E-state index in [1.54, 1.807) is 0 Å². The Balaban J connectivity index is 2.20. The van der Waals surface area contributed by atoms with E-state index in [1.807, 2.05) is 13.8 Å². The van der Waals surface area contributed by atoms with Crippen LogP contribution in [0, 0.1) is 17.2 Å². The van der Waals surface area contributed by atoms with Crippen molar-refractivity contribution >= 4 is 0 Å². The molecule has 0 saturated heterocycles. The van der Waals surface area contributed by atoms with Crippen LogP contribution in [0.25, 0.3) is 0 Å². The lowest BCUT2D eigenvalue weighted by Gasteiger charge is -2.30. The summed E-state index contributed by atoms with van der Waals surface area (Å²) < 4.78 is 38.9. The van der Waals surface area contributed by atoms with Crippen LogP contribution in [0.5, 0.6) is 0 Å². The highest BCUT2D eigenvalue weighted by Crippen LogP contribution is 2.41. The van der Waals surface area contributed by atoms with E-state index < -0.39 is 17.3 Å². The van der Waals surface area contributed by atoms with Gasteiger partial charge in [0.25, 0.3) is 0 Å². The topological polar surface area (TPSA) is 53.6 Å². The van der Waals surface area contributed by atoms with Gasteiger partial charge in [0.1, 0.15) is 5.54 Å². The summed E-state index contributed by atoms with van der Waals surface area (Å²) in [7, 11) is 0. The van der Waals surface area contributed by atoms with Gasteiger partial charge < -0.3 is 0 Å². The molecule has 1 unspecified atom stereocenters. The van der Waals surface area contributed by atoms with Crippen LogP contribution in [-0.2, 0) is 12.7 Å². The molecule has 1 aliphatic rings. The van der Waals surface area contributed by atoms with Crippen molar-refractivity contribution in [1.82, 2.24) is 15.1 Å². The number of alkyl halides is 3. The SMILES string of the molecule is CC(C)NC(C#N)(Cn1cc(C(F)(F)F)cn1)C1CC1. The lowest BCUT2D eigenvalue weighted by Crippen LogP contribution is -2.52. The zero-order valence-electron chi connectivity index (χ0n) is 11.4. The minimum atomic E-state index is -4.40. The van der Waals surface area contributed by atoms with E-state index in [0.717, 1.165) is 25.2 Å². The van der Waals surface area contributed by atoms with E-state index in [0.29, 0.717) is 0 Å². The maximum atomic E-state index is 12.6. The lowest BCUT2D eigenvalue weighted by atomic mass is 9.94. The molecule has 0 spiro atoms. The predicted octanol–water partition coefficient (Wildman–Crippen LogP) is 2.57. The minimum absolute atomic E-state index is 0.0768. The Morgan fingerprint density at radius 2 is 2.15 bits per heavy atom. The van der Waals surface area contributed by atoms with Gasteiger partial charge in [-0.25, -0.2) is 0 Å². The molecule has 110 valence electrons. The molecule has 1 heterocycles. The average molecular weight is 286 g/mol. The monoisotopic (exact) mass is 286 g/mol. The van der Waals surface area contributed by atoms with Crippen molar-refractivity contribution in [3.05, 3.63) is 18.0 Å². The van der Waals surface area contributed by atoms with E-state index in [9.17, 15) is 18.4 Å². The van der Waals surface area contributed by atoms with Crippen molar-refractivity contribution in [3.63, 3.8) is 0 Å². The molecule has 0 aromatic carbocycles. The molecule has 0 amide bonds. The number of nitrogens with zero attached hydrogens (tertiary/aromatic N) is 3. The van der Waals surface area contributed by atoms with Gasteiger partial charge in [-0.2, -0.15) is 23.5 Å². The Hall–Kier alpha value is -1.55. The molecule has 1 aromatic heterocycles. The second-order valence-corrected chi connectivity index (χ2v) is 5.58. The summed E-state index contributed by atoms with van der Waals surface area (Å²) >= 11 is 0. The summed E-state index contributed by atoms with van der Waals surface area (Å²) in [6.07, 6.45) is -0.819. The summed E-state index contributed by atoms with van der Waals surface area (Å²) in [5, 5.41) is 16.4. The average Bonchev–Trinajstić information content (AvgIpc) is 3.07. The standard InChI is InChI=1S/C13H17F3N4/c1-9(2)19-12(7-17,10-3-4-10)8-20-6-11(5-18-20)13(14,15)16/h5-6,9-10,19H,3-4,8H2,1-2H3. The van der Waals surface area contributed by atoms with Crippen LogP contribution in [0.3, 0.4) is 0 Å². The highest BCUT2D eigenvalue weighted by atomic mass is 19.4. The van der Waals surface area contributed by atoms with E-state index >= 15 is 0 Å². The number of halogens is 3. The number of nitriles is 1. The molecule has 1 atom stereocenters. The van der Waals surface area contributed by atoms with E-state index in [4.69, 9.17) is 0 Å². The zero-order chi connectivity index (χ0) is 15.0. The first-order valence-corrected chi connectivity index (χ1v) is 6.55. The third kappa shape index (κ3) is 3.12. The predicted molar refractivity (Wildman–Crippen MR) is 66.6 cm³/mol. The second-order valence-electron chi connectivity index (χ2n) is 5.58. The quantitative estimate of drug-likeness (QED) is 0.905. The number of hydrogen-bond acceptors (Lipinski definition) is 3. The van der Waals surface area contributed by atoms with Crippen LogP contribution in [-0.4, -0.2) is 21.4 Å². The third-order valence-electron chi connectivity index (χ3n) is 3.39. The minimum Gasteiger partial charge on any atom is -0.295 e. The van der Waals surface area contributed by atoms with E-state index in [1.165, 1.54) is 4.68 Å². The Morgan fingerprint density at radius 1 is 1.50 bits per heavy atom. The van der Waals surface area contributed by atoms with Crippen molar-refractivity contribution in [3.8, 4) is 6.07 Å². The molecule has 1 aliphatic carbocycles. The van der Waals surface area contributed by atoms with Gasteiger partial charge in [0, 0.05) is 12.2 Å². The summed E-state index contributed by atoms with van der Waals surface area (Å²) in [5.74, 6) is 0.174. The number of nitrogens with one attached hydrogen (secondary N) is 1. The maximum absolute atomic E-state index is 12.6. The van der Waals surface area contributed by atoms with Crippen molar-refractivity contribution in [1.29, 1.82) is 5.26 Å². The first-order valence-electron chi connectivity index (χ1n) is 6.55. The molecule has 0 aliphatic heterocycles. The molecule has 2 rings (SSSR count). The van der Waals surface area contributed by atoms with Gasteiger partial charge in [-0.05, 0) is 32.6 Å². The van der Waals surface area contributed by atoms with Gasteiger partial charge in [0.2, 0.25) is 0 Å². The van der Waals surface area contributed by atoms with Crippen molar-refractivity contribution in [2.45, 2.75) is 51.0 Å². The highest BCUT2D eigenvalue weighted by Gasteiger charge is 2.46. The van der Waals surface area contributed by atoms with Crippen LogP contribution < -0.4 is 5.32 Å². The number of aromatic nitrogens is 2. The molecule has 0 radical (unpaired) electrons. The van der Waals surface area contributed by atoms with E-state index in [2.05, 4.69) is 16.5 Å². The molecule has 0 bridgehead atoms. The molecular formula is C13H17F3N4. The fourth-order valence-electron chi connectivity index (χ4n) is 2.39. The molecular weight excluding hydrogens is 269 g/mol. The fraction of sp³-hybridized carbons (Fsp3) is 0.692. The van der Waals surface area contributed by atoms with Gasteiger partial charge in [-0.15, -0.1) is 0 Å². The largest absolute Gasteiger partial charge is 0.419 e. The third-order valence-corrected chi connectivity index (χ3v) is 3.39. The second kappa shape index (κ2) is 5.09.